The van der Waals surface area contributed by atoms with Crippen LogP contribution in [0.1, 0.15) is 47.0 Å². The van der Waals surface area contributed by atoms with E-state index < -0.39 is 6.16 Å². The van der Waals surface area contributed by atoms with Crippen LogP contribution in [0, 0.1) is 0 Å². The molecule has 0 rings (SSSR count). The van der Waals surface area contributed by atoms with E-state index in [0.29, 0.717) is 0 Å². The Balaban J connectivity index is 3.61. The van der Waals surface area contributed by atoms with Gasteiger partial charge >= 0.3 is 6.16 Å². The van der Waals surface area contributed by atoms with Gasteiger partial charge in [-0.1, -0.05) is 20.3 Å². The van der Waals surface area contributed by atoms with E-state index >= 15 is 0 Å². The van der Waals surface area contributed by atoms with Crippen LogP contribution >= 0.6 is 0 Å². The van der Waals surface area contributed by atoms with Crippen LogP contribution in [0.25, 0.3) is 0 Å². The lowest BCUT2D eigenvalue weighted by Gasteiger charge is -2.14. The third-order valence-corrected chi connectivity index (χ3v) is 1.86. The zero-order valence-corrected chi connectivity index (χ0v) is 9.00. The maximum Gasteiger partial charge on any atom is 0.508 e. The predicted molar refractivity (Wildman–Crippen MR) is 51.7 cm³/mol. The highest BCUT2D eigenvalue weighted by atomic mass is 16.7. The first-order chi connectivity index (χ1) is 6.10. The molecule has 0 aliphatic rings. The van der Waals surface area contributed by atoms with Gasteiger partial charge in [-0.15, -0.1) is 0 Å². The zero-order chi connectivity index (χ0) is 10.3. The summed E-state index contributed by atoms with van der Waals surface area (Å²) in [6.45, 7) is 7.75. The molecule has 78 valence electrons. The Morgan fingerprint density at radius 3 is 2.15 bits per heavy atom. The van der Waals surface area contributed by atoms with E-state index in [1.807, 2.05) is 20.8 Å². The molecule has 0 N–H and O–H groups in total. The maximum atomic E-state index is 11.1. The van der Waals surface area contributed by atoms with Crippen LogP contribution in [0.5, 0.6) is 0 Å². The van der Waals surface area contributed by atoms with Crippen molar-refractivity contribution in [3.05, 3.63) is 0 Å². The molecule has 0 heterocycles. The van der Waals surface area contributed by atoms with E-state index in [1.54, 1.807) is 0 Å². The molecule has 0 aliphatic heterocycles. The Morgan fingerprint density at radius 1 is 1.15 bits per heavy atom. The monoisotopic (exact) mass is 188 g/mol. The quantitative estimate of drug-likeness (QED) is 0.622. The van der Waals surface area contributed by atoms with Crippen LogP contribution in [0.3, 0.4) is 0 Å². The van der Waals surface area contributed by atoms with Crippen molar-refractivity contribution in [2.45, 2.75) is 59.2 Å². The van der Waals surface area contributed by atoms with Gasteiger partial charge in [0.1, 0.15) is 12.2 Å². The van der Waals surface area contributed by atoms with Crippen molar-refractivity contribution in [1.82, 2.24) is 0 Å². The first-order valence-corrected chi connectivity index (χ1v) is 4.97. The van der Waals surface area contributed by atoms with Crippen molar-refractivity contribution >= 4 is 6.16 Å². The predicted octanol–water partition coefficient (Wildman–Crippen LogP) is 3.13. The van der Waals surface area contributed by atoms with E-state index in [9.17, 15) is 4.79 Å². The summed E-state index contributed by atoms with van der Waals surface area (Å²) in [4.78, 5) is 11.1. The third-order valence-electron chi connectivity index (χ3n) is 1.86. The summed E-state index contributed by atoms with van der Waals surface area (Å²) in [5.41, 5.74) is 0. The molecule has 2 atom stereocenters. The van der Waals surface area contributed by atoms with Crippen molar-refractivity contribution in [3.8, 4) is 0 Å². The minimum atomic E-state index is -0.546. The Kier molecular flexibility index (Phi) is 6.37. The molecule has 0 saturated heterocycles. The van der Waals surface area contributed by atoms with E-state index in [0.717, 1.165) is 19.3 Å². The van der Waals surface area contributed by atoms with Crippen molar-refractivity contribution in [3.63, 3.8) is 0 Å². The number of hydrogen-bond acceptors (Lipinski definition) is 3. The highest BCUT2D eigenvalue weighted by Crippen LogP contribution is 2.05. The molecule has 13 heavy (non-hydrogen) atoms. The molecule has 3 nitrogen and oxygen atoms in total. The third kappa shape index (κ3) is 6.43. The van der Waals surface area contributed by atoms with Gasteiger partial charge in [-0.05, 0) is 26.7 Å². The molecule has 0 spiro atoms. The molecule has 0 aromatic heterocycles. The maximum absolute atomic E-state index is 11.1. The van der Waals surface area contributed by atoms with Crippen molar-refractivity contribution in [2.24, 2.45) is 0 Å². The first-order valence-electron chi connectivity index (χ1n) is 4.97. The SMILES string of the molecule is CCC[C@@H](C)OC(=O)O[C@H](C)CC. The van der Waals surface area contributed by atoms with Crippen LogP contribution in [-0.4, -0.2) is 18.4 Å². The Morgan fingerprint density at radius 2 is 1.69 bits per heavy atom. The zero-order valence-electron chi connectivity index (χ0n) is 9.00. The van der Waals surface area contributed by atoms with Crippen LogP contribution in [0.2, 0.25) is 0 Å². The molecular formula is C10H20O3. The number of ether oxygens (including phenoxy) is 2. The molecule has 0 bridgehead atoms. The van der Waals surface area contributed by atoms with E-state index in [1.165, 1.54) is 0 Å². The van der Waals surface area contributed by atoms with Gasteiger partial charge in [-0.2, -0.15) is 0 Å². The number of rotatable bonds is 5. The van der Waals surface area contributed by atoms with Crippen LogP contribution in [0.4, 0.5) is 4.79 Å². The average molecular weight is 188 g/mol. The van der Waals surface area contributed by atoms with Crippen LogP contribution in [0.15, 0.2) is 0 Å². The van der Waals surface area contributed by atoms with Gasteiger partial charge in [0.2, 0.25) is 0 Å². The fraction of sp³-hybridized carbons (Fsp3) is 0.900. The highest BCUT2D eigenvalue weighted by molar-refractivity contribution is 5.60. The lowest BCUT2D eigenvalue weighted by atomic mass is 10.2. The Labute approximate surface area is 80.4 Å². The van der Waals surface area contributed by atoms with Crippen molar-refractivity contribution in [1.29, 1.82) is 0 Å². The summed E-state index contributed by atoms with van der Waals surface area (Å²) in [6, 6.07) is 0. The molecule has 0 aliphatic carbocycles. The summed E-state index contributed by atoms with van der Waals surface area (Å²) >= 11 is 0. The van der Waals surface area contributed by atoms with Crippen LogP contribution in [-0.2, 0) is 9.47 Å². The van der Waals surface area contributed by atoms with E-state index in [2.05, 4.69) is 6.92 Å². The molecule has 0 aromatic rings. The Hall–Kier alpha value is -0.730. The van der Waals surface area contributed by atoms with Gasteiger partial charge in [0.05, 0.1) is 0 Å². The molecule has 0 amide bonds. The summed E-state index contributed by atoms with van der Waals surface area (Å²) in [7, 11) is 0. The summed E-state index contributed by atoms with van der Waals surface area (Å²) in [5, 5.41) is 0. The molecule has 0 unspecified atom stereocenters. The minimum absolute atomic E-state index is 0.0402. The van der Waals surface area contributed by atoms with Gasteiger partial charge in [0, 0.05) is 0 Å². The second-order valence-corrected chi connectivity index (χ2v) is 3.30. The summed E-state index contributed by atoms with van der Waals surface area (Å²) in [6.07, 6.45) is 2.07. The molecule has 3 heteroatoms. The highest BCUT2D eigenvalue weighted by Gasteiger charge is 2.12. The largest absolute Gasteiger partial charge is 0.508 e. The van der Waals surface area contributed by atoms with Gasteiger partial charge < -0.3 is 9.47 Å². The summed E-state index contributed by atoms with van der Waals surface area (Å²) < 4.78 is 9.96. The fourth-order valence-corrected chi connectivity index (χ4v) is 0.905. The average Bonchev–Trinajstić information content (AvgIpc) is 2.04. The van der Waals surface area contributed by atoms with E-state index in [-0.39, 0.29) is 12.2 Å². The molecule has 0 aromatic carbocycles. The van der Waals surface area contributed by atoms with Gasteiger partial charge in [-0.3, -0.25) is 0 Å². The number of carbonyl (C=O) groups excluding carboxylic acids is 1. The normalized spacial score (nSPS) is 14.8. The second-order valence-electron chi connectivity index (χ2n) is 3.30. The van der Waals surface area contributed by atoms with Gasteiger partial charge in [0.25, 0.3) is 0 Å². The van der Waals surface area contributed by atoms with Gasteiger partial charge in [-0.25, -0.2) is 4.79 Å². The smallest absolute Gasteiger partial charge is 0.431 e. The number of hydrogen-bond donors (Lipinski definition) is 0. The number of carbonyl (C=O) groups is 1. The van der Waals surface area contributed by atoms with Crippen molar-refractivity contribution in [2.75, 3.05) is 0 Å². The first kappa shape index (κ1) is 12.3. The fourth-order valence-electron chi connectivity index (χ4n) is 0.905. The second kappa shape index (κ2) is 6.75. The molecule has 0 fully saturated rings. The van der Waals surface area contributed by atoms with E-state index in [4.69, 9.17) is 9.47 Å². The molecular weight excluding hydrogens is 168 g/mol. The lowest BCUT2D eigenvalue weighted by Crippen LogP contribution is -2.20. The van der Waals surface area contributed by atoms with Crippen LogP contribution < -0.4 is 0 Å². The van der Waals surface area contributed by atoms with Gasteiger partial charge in [0.15, 0.2) is 0 Å². The lowest BCUT2D eigenvalue weighted by molar-refractivity contribution is 0.00474. The standard InChI is InChI=1S/C10H20O3/c1-5-7-9(4)13-10(11)12-8(3)6-2/h8-9H,5-7H2,1-4H3/t8-,9-/m1/s1. The molecule has 0 radical (unpaired) electrons. The molecule has 0 saturated carbocycles. The Bertz CT molecular complexity index is 145. The minimum Gasteiger partial charge on any atom is -0.431 e. The summed E-state index contributed by atoms with van der Waals surface area (Å²) in [5.74, 6) is 0. The van der Waals surface area contributed by atoms with Crippen molar-refractivity contribution < 1.29 is 14.3 Å². The topological polar surface area (TPSA) is 35.5 Å².